The average Bonchev–Trinajstić information content (AvgIpc) is 3.11. The predicted molar refractivity (Wildman–Crippen MR) is 108 cm³/mol. The van der Waals surface area contributed by atoms with Crippen LogP contribution in [0.2, 0.25) is 0 Å². The lowest BCUT2D eigenvalue weighted by Crippen LogP contribution is -2.42. The maximum Gasteiger partial charge on any atom is 0.225 e. The van der Waals surface area contributed by atoms with Crippen LogP contribution < -0.4 is 5.73 Å². The number of likely N-dealkylation sites (tertiary alicyclic amines) is 2. The van der Waals surface area contributed by atoms with Crippen molar-refractivity contribution in [2.24, 2.45) is 11.7 Å². The molecule has 4 heteroatoms. The van der Waals surface area contributed by atoms with Gasteiger partial charge in [0.05, 0.1) is 0 Å². The van der Waals surface area contributed by atoms with Crippen molar-refractivity contribution < 1.29 is 4.79 Å². The molecular weight excluding hydrogens is 334 g/mol. The molecule has 2 saturated heterocycles. The minimum absolute atomic E-state index is 0.0366. The first-order valence-electron chi connectivity index (χ1n) is 10.1. The molecule has 2 aromatic rings. The number of hydrogen-bond donors (Lipinski definition) is 1. The summed E-state index contributed by atoms with van der Waals surface area (Å²) in [6.45, 7) is 4.41. The molecule has 142 valence electrons. The van der Waals surface area contributed by atoms with Crippen molar-refractivity contribution in [3.05, 3.63) is 71.8 Å². The van der Waals surface area contributed by atoms with E-state index in [0.717, 1.165) is 39.0 Å². The summed E-state index contributed by atoms with van der Waals surface area (Å²) >= 11 is 0. The summed E-state index contributed by atoms with van der Waals surface area (Å²) in [6.07, 6.45) is 1.90. The summed E-state index contributed by atoms with van der Waals surface area (Å²) in [5.74, 6) is 0.718. The number of rotatable bonds is 4. The zero-order valence-electron chi connectivity index (χ0n) is 15.8. The van der Waals surface area contributed by atoms with Crippen molar-refractivity contribution in [1.29, 1.82) is 0 Å². The van der Waals surface area contributed by atoms with Crippen molar-refractivity contribution in [2.45, 2.75) is 31.3 Å². The van der Waals surface area contributed by atoms with E-state index in [-0.39, 0.29) is 17.9 Å². The normalized spacial score (nSPS) is 24.3. The highest BCUT2D eigenvalue weighted by atomic mass is 16.2. The minimum Gasteiger partial charge on any atom is -0.340 e. The number of nitrogens with zero attached hydrogens (tertiary/aromatic N) is 2. The molecule has 4 rings (SSSR count). The third kappa shape index (κ3) is 4.23. The average molecular weight is 364 g/mol. The SMILES string of the molecule is N[C@@H]1CN(C(=O)C2CCN(Cc3ccccc3)CC2)C[C@H]1c1ccccc1. The van der Waals surface area contributed by atoms with Gasteiger partial charge in [-0.25, -0.2) is 0 Å². The molecule has 0 bridgehead atoms. The van der Waals surface area contributed by atoms with Crippen molar-refractivity contribution in [2.75, 3.05) is 26.2 Å². The molecule has 2 atom stereocenters. The number of carbonyl (C=O) groups excluding carboxylic acids is 1. The van der Waals surface area contributed by atoms with Crippen molar-refractivity contribution in [3.63, 3.8) is 0 Å². The zero-order valence-corrected chi connectivity index (χ0v) is 15.8. The second-order valence-electron chi connectivity index (χ2n) is 7.96. The van der Waals surface area contributed by atoms with Gasteiger partial charge >= 0.3 is 0 Å². The van der Waals surface area contributed by atoms with Gasteiger partial charge in [0.1, 0.15) is 0 Å². The lowest BCUT2D eigenvalue weighted by atomic mass is 9.94. The predicted octanol–water partition coefficient (Wildman–Crippen LogP) is 2.85. The summed E-state index contributed by atoms with van der Waals surface area (Å²) < 4.78 is 0. The number of amides is 1. The van der Waals surface area contributed by atoms with Crippen LogP contribution in [0.4, 0.5) is 0 Å². The summed E-state index contributed by atoms with van der Waals surface area (Å²) in [6, 6.07) is 21.0. The fourth-order valence-electron chi connectivity index (χ4n) is 4.50. The monoisotopic (exact) mass is 363 g/mol. The van der Waals surface area contributed by atoms with Gasteiger partial charge in [-0.15, -0.1) is 0 Å². The highest BCUT2D eigenvalue weighted by molar-refractivity contribution is 5.79. The third-order valence-corrected chi connectivity index (χ3v) is 6.09. The van der Waals surface area contributed by atoms with Crippen LogP contribution in [0, 0.1) is 5.92 Å². The molecule has 27 heavy (non-hydrogen) atoms. The number of nitrogens with two attached hydrogens (primary N) is 1. The second kappa shape index (κ2) is 8.24. The van der Waals surface area contributed by atoms with E-state index in [2.05, 4.69) is 59.5 Å². The standard InChI is InChI=1S/C23H29N3O/c24-22-17-26(16-21(22)19-9-5-2-6-10-19)23(27)20-11-13-25(14-12-20)15-18-7-3-1-4-8-18/h1-10,20-22H,11-17,24H2/t21-,22+/m0/s1. The number of hydrogen-bond acceptors (Lipinski definition) is 3. The number of benzene rings is 2. The van der Waals surface area contributed by atoms with Gasteiger partial charge in [0.15, 0.2) is 0 Å². The van der Waals surface area contributed by atoms with Crippen molar-refractivity contribution in [1.82, 2.24) is 9.80 Å². The summed E-state index contributed by atoms with van der Waals surface area (Å²) in [7, 11) is 0. The Bertz CT molecular complexity index is 741. The van der Waals surface area contributed by atoms with Gasteiger partial charge in [0.2, 0.25) is 5.91 Å². The molecule has 0 aliphatic carbocycles. The largest absolute Gasteiger partial charge is 0.340 e. The lowest BCUT2D eigenvalue weighted by Gasteiger charge is -2.33. The number of carbonyl (C=O) groups is 1. The molecule has 0 unspecified atom stereocenters. The molecule has 2 aromatic carbocycles. The Morgan fingerprint density at radius 1 is 0.926 bits per heavy atom. The van der Waals surface area contributed by atoms with E-state index >= 15 is 0 Å². The third-order valence-electron chi connectivity index (χ3n) is 6.09. The molecule has 0 aromatic heterocycles. The molecule has 0 saturated carbocycles. The Kier molecular flexibility index (Phi) is 5.55. The summed E-state index contributed by atoms with van der Waals surface area (Å²) in [5.41, 5.74) is 8.97. The second-order valence-corrected chi connectivity index (χ2v) is 7.96. The smallest absolute Gasteiger partial charge is 0.225 e. The highest BCUT2D eigenvalue weighted by Crippen LogP contribution is 2.29. The molecule has 2 aliphatic rings. The molecule has 0 radical (unpaired) electrons. The quantitative estimate of drug-likeness (QED) is 0.909. The maximum atomic E-state index is 13.0. The Morgan fingerprint density at radius 3 is 2.22 bits per heavy atom. The van der Waals surface area contributed by atoms with Gasteiger partial charge < -0.3 is 10.6 Å². The van der Waals surface area contributed by atoms with E-state index in [1.165, 1.54) is 11.1 Å². The lowest BCUT2D eigenvalue weighted by molar-refractivity contribution is -0.136. The van der Waals surface area contributed by atoms with Gasteiger partial charge in [0, 0.05) is 37.5 Å². The molecular formula is C23H29N3O. The fraction of sp³-hybridized carbons (Fsp3) is 0.435. The van der Waals surface area contributed by atoms with Crippen LogP contribution in [0.5, 0.6) is 0 Å². The van der Waals surface area contributed by atoms with E-state index in [1.54, 1.807) is 0 Å². The molecule has 2 heterocycles. The highest BCUT2D eigenvalue weighted by Gasteiger charge is 2.37. The van der Waals surface area contributed by atoms with Crippen LogP contribution in [-0.2, 0) is 11.3 Å². The van der Waals surface area contributed by atoms with E-state index in [4.69, 9.17) is 5.73 Å². The van der Waals surface area contributed by atoms with Gasteiger partial charge in [-0.3, -0.25) is 9.69 Å². The van der Waals surface area contributed by atoms with Crippen LogP contribution in [0.1, 0.15) is 29.9 Å². The maximum absolute atomic E-state index is 13.0. The molecule has 4 nitrogen and oxygen atoms in total. The minimum atomic E-state index is 0.0366. The van der Waals surface area contributed by atoms with Gasteiger partial charge in [-0.2, -0.15) is 0 Å². The summed E-state index contributed by atoms with van der Waals surface area (Å²) in [5, 5.41) is 0. The van der Waals surface area contributed by atoms with Crippen LogP contribution in [0.3, 0.4) is 0 Å². The molecule has 1 amide bonds. The first kappa shape index (κ1) is 18.2. The van der Waals surface area contributed by atoms with Crippen LogP contribution >= 0.6 is 0 Å². The van der Waals surface area contributed by atoms with E-state index in [9.17, 15) is 4.79 Å². The Hall–Kier alpha value is -2.17. The van der Waals surface area contributed by atoms with Crippen LogP contribution in [0.25, 0.3) is 0 Å². The van der Waals surface area contributed by atoms with Crippen molar-refractivity contribution >= 4 is 5.91 Å². The first-order chi connectivity index (χ1) is 13.2. The zero-order chi connectivity index (χ0) is 18.6. The van der Waals surface area contributed by atoms with Gasteiger partial charge in [-0.05, 0) is 37.1 Å². The van der Waals surface area contributed by atoms with Gasteiger partial charge in [0.25, 0.3) is 0 Å². The first-order valence-corrected chi connectivity index (χ1v) is 10.1. The number of piperidine rings is 1. The molecule has 2 aliphatic heterocycles. The van der Waals surface area contributed by atoms with Crippen LogP contribution in [0.15, 0.2) is 60.7 Å². The molecule has 2 fully saturated rings. The Morgan fingerprint density at radius 2 is 1.56 bits per heavy atom. The molecule has 0 spiro atoms. The Balaban J connectivity index is 1.31. The Labute approximate surface area is 162 Å². The van der Waals surface area contributed by atoms with Crippen LogP contribution in [-0.4, -0.2) is 47.9 Å². The summed E-state index contributed by atoms with van der Waals surface area (Å²) in [4.78, 5) is 17.5. The fourth-order valence-corrected chi connectivity index (χ4v) is 4.50. The van der Waals surface area contributed by atoms with E-state index in [1.807, 2.05) is 11.0 Å². The topological polar surface area (TPSA) is 49.6 Å². The molecule has 2 N–H and O–H groups in total. The van der Waals surface area contributed by atoms with Crippen molar-refractivity contribution in [3.8, 4) is 0 Å². The van der Waals surface area contributed by atoms with Gasteiger partial charge in [-0.1, -0.05) is 60.7 Å². The van der Waals surface area contributed by atoms with E-state index < -0.39 is 0 Å². The van der Waals surface area contributed by atoms with E-state index in [0.29, 0.717) is 12.5 Å².